The largest absolute Gasteiger partial charge is 0.286 e. The van der Waals surface area contributed by atoms with Gasteiger partial charge in [-0.15, -0.1) is 0 Å². The van der Waals surface area contributed by atoms with E-state index in [-0.39, 0.29) is 11.0 Å². The van der Waals surface area contributed by atoms with Crippen molar-refractivity contribution in [1.82, 2.24) is 4.31 Å². The lowest BCUT2D eigenvalue weighted by Gasteiger charge is -2.27. The number of rotatable bonds is 1. The van der Waals surface area contributed by atoms with Crippen molar-refractivity contribution in [2.45, 2.75) is 13.3 Å². The highest BCUT2D eigenvalue weighted by Gasteiger charge is 2.25. The van der Waals surface area contributed by atoms with E-state index in [4.69, 9.17) is 0 Å². The van der Waals surface area contributed by atoms with Gasteiger partial charge in [0, 0.05) is 31.8 Å². The second-order valence-electron chi connectivity index (χ2n) is 3.41. The normalized spacial score (nSPS) is 15.0. The summed E-state index contributed by atoms with van der Waals surface area (Å²) in [5, 5.41) is -0.0250. The third-order valence-corrected chi connectivity index (χ3v) is 3.13. The lowest BCUT2D eigenvalue weighted by atomic mass is 9.95. The van der Waals surface area contributed by atoms with Gasteiger partial charge < -0.3 is 0 Å². The SMILES string of the molecule is CC(=O)SN1CCC1=O.c1cc2ccc1-2. The highest BCUT2D eigenvalue weighted by Crippen LogP contribution is 2.29. The van der Waals surface area contributed by atoms with Crippen LogP contribution in [0.3, 0.4) is 0 Å². The Hall–Kier alpha value is -1.29. The molecule has 1 amide bonds. The maximum atomic E-state index is 10.5. The first-order chi connectivity index (χ1) is 7.16. The zero-order chi connectivity index (χ0) is 10.8. The second-order valence-corrected chi connectivity index (χ2v) is 4.60. The summed E-state index contributed by atoms with van der Waals surface area (Å²) in [6.07, 6.45) is 0.597. The summed E-state index contributed by atoms with van der Waals surface area (Å²) in [5.74, 6) is 0.0650. The van der Waals surface area contributed by atoms with Crippen LogP contribution < -0.4 is 0 Å². The average Bonchev–Trinajstić information content (AvgIpc) is 2.18. The molecule has 1 saturated heterocycles. The summed E-state index contributed by atoms with van der Waals surface area (Å²) in [7, 11) is 0. The molecule has 0 radical (unpaired) electrons. The molecule has 3 nitrogen and oxygen atoms in total. The average molecular weight is 221 g/mol. The third kappa shape index (κ3) is 2.21. The minimum absolute atomic E-state index is 0.0250. The number of hydrogen-bond donors (Lipinski definition) is 0. The molecule has 0 N–H and O–H groups in total. The molecule has 0 aromatic carbocycles. The Bertz CT molecular complexity index is 379. The molecule has 4 heteroatoms. The van der Waals surface area contributed by atoms with Crippen LogP contribution in [0.25, 0.3) is 11.1 Å². The molecule has 0 unspecified atom stereocenters. The van der Waals surface area contributed by atoms with Gasteiger partial charge >= 0.3 is 0 Å². The Morgan fingerprint density at radius 3 is 1.87 bits per heavy atom. The van der Waals surface area contributed by atoms with Crippen LogP contribution in [-0.4, -0.2) is 21.9 Å². The van der Waals surface area contributed by atoms with Crippen LogP contribution >= 0.6 is 11.9 Å². The highest BCUT2D eigenvalue weighted by molar-refractivity contribution is 8.12. The molecule has 0 saturated carbocycles. The summed E-state index contributed by atoms with van der Waals surface area (Å²) in [6.45, 7) is 2.18. The molecule has 78 valence electrons. The van der Waals surface area contributed by atoms with E-state index in [1.54, 1.807) is 0 Å². The van der Waals surface area contributed by atoms with Gasteiger partial charge in [-0.2, -0.15) is 0 Å². The van der Waals surface area contributed by atoms with Crippen LogP contribution in [-0.2, 0) is 9.59 Å². The van der Waals surface area contributed by atoms with Gasteiger partial charge in [0.1, 0.15) is 0 Å². The number of fused-ring (bicyclic) bond motifs is 1. The molecule has 0 aromatic heterocycles. The summed E-state index contributed by atoms with van der Waals surface area (Å²) in [5.41, 5.74) is 2.85. The minimum atomic E-state index is -0.0250. The van der Waals surface area contributed by atoms with Gasteiger partial charge in [-0.05, 0) is 11.1 Å². The number of amides is 1. The Morgan fingerprint density at radius 2 is 1.80 bits per heavy atom. The van der Waals surface area contributed by atoms with Crippen LogP contribution in [0, 0.1) is 0 Å². The first-order valence-corrected chi connectivity index (χ1v) is 5.53. The van der Waals surface area contributed by atoms with Gasteiger partial charge in [0.15, 0.2) is 0 Å². The summed E-state index contributed by atoms with van der Waals surface area (Å²) < 4.78 is 1.47. The predicted octanol–water partition coefficient (Wildman–Crippen LogP) is 2.08. The second kappa shape index (κ2) is 4.06. The summed E-state index contributed by atoms with van der Waals surface area (Å²) in [4.78, 5) is 20.9. The maximum Gasteiger partial charge on any atom is 0.234 e. The topological polar surface area (TPSA) is 37.4 Å². The summed E-state index contributed by atoms with van der Waals surface area (Å²) in [6, 6.07) is 8.48. The van der Waals surface area contributed by atoms with E-state index in [2.05, 4.69) is 24.3 Å². The zero-order valence-corrected chi connectivity index (χ0v) is 9.21. The van der Waals surface area contributed by atoms with Gasteiger partial charge in [-0.3, -0.25) is 13.9 Å². The number of carbonyl (C=O) groups excluding carboxylic acids is 2. The molecule has 1 fully saturated rings. The fourth-order valence-electron chi connectivity index (χ4n) is 1.21. The fraction of sp³-hybridized carbons (Fsp3) is 0.273. The Balaban J connectivity index is 0.000000121. The van der Waals surface area contributed by atoms with Crippen LogP contribution in [0.2, 0.25) is 0 Å². The molecular formula is C11H11NO2S. The van der Waals surface area contributed by atoms with Crippen LogP contribution in [0.4, 0.5) is 0 Å². The number of β-lactam (4-membered cyclic amide) rings is 1. The summed E-state index contributed by atoms with van der Waals surface area (Å²) >= 11 is 0.994. The smallest absolute Gasteiger partial charge is 0.234 e. The van der Waals surface area contributed by atoms with Crippen molar-refractivity contribution in [1.29, 1.82) is 0 Å². The van der Waals surface area contributed by atoms with Crippen LogP contribution in [0.5, 0.6) is 0 Å². The first kappa shape index (κ1) is 10.2. The highest BCUT2D eigenvalue weighted by atomic mass is 32.2. The van der Waals surface area contributed by atoms with Crippen molar-refractivity contribution in [2.24, 2.45) is 0 Å². The predicted molar refractivity (Wildman–Crippen MR) is 60.0 cm³/mol. The van der Waals surface area contributed by atoms with Crippen LogP contribution in [0.1, 0.15) is 13.3 Å². The number of benzene rings is 1. The van der Waals surface area contributed by atoms with Gasteiger partial charge in [0.25, 0.3) is 0 Å². The van der Waals surface area contributed by atoms with Crippen molar-refractivity contribution in [3.05, 3.63) is 24.3 Å². The zero-order valence-electron chi connectivity index (χ0n) is 8.40. The Labute approximate surface area is 92.6 Å². The molecule has 0 bridgehead atoms. The van der Waals surface area contributed by atoms with E-state index in [1.807, 2.05) is 0 Å². The van der Waals surface area contributed by atoms with Gasteiger partial charge in [0.2, 0.25) is 11.0 Å². The molecule has 0 spiro atoms. The lowest BCUT2D eigenvalue weighted by Crippen LogP contribution is -2.38. The van der Waals surface area contributed by atoms with E-state index < -0.39 is 0 Å². The molecule has 0 aromatic rings. The van der Waals surface area contributed by atoms with Gasteiger partial charge in [-0.1, -0.05) is 24.3 Å². The van der Waals surface area contributed by atoms with E-state index in [0.29, 0.717) is 6.42 Å². The van der Waals surface area contributed by atoms with Gasteiger partial charge in [-0.25, -0.2) is 0 Å². The number of carbonyl (C=O) groups is 2. The van der Waals surface area contributed by atoms with E-state index in [0.717, 1.165) is 18.5 Å². The van der Waals surface area contributed by atoms with Crippen molar-refractivity contribution in [2.75, 3.05) is 6.54 Å². The number of nitrogens with zero attached hydrogens (tertiary/aromatic N) is 1. The molecular weight excluding hydrogens is 210 g/mol. The van der Waals surface area contributed by atoms with Crippen molar-refractivity contribution in [3.63, 3.8) is 0 Å². The lowest BCUT2D eigenvalue weighted by molar-refractivity contribution is -0.132. The van der Waals surface area contributed by atoms with Crippen molar-refractivity contribution in [3.8, 4) is 11.1 Å². The maximum absolute atomic E-state index is 10.5. The first-order valence-electron chi connectivity index (χ1n) is 4.76. The minimum Gasteiger partial charge on any atom is -0.286 e. The van der Waals surface area contributed by atoms with Crippen molar-refractivity contribution < 1.29 is 9.59 Å². The quantitative estimate of drug-likeness (QED) is 0.546. The third-order valence-electron chi connectivity index (χ3n) is 2.26. The molecule has 3 rings (SSSR count). The van der Waals surface area contributed by atoms with Gasteiger partial charge in [0.05, 0.1) is 0 Å². The van der Waals surface area contributed by atoms with Crippen LogP contribution in [0.15, 0.2) is 24.3 Å². The van der Waals surface area contributed by atoms with E-state index in [9.17, 15) is 9.59 Å². The molecule has 2 aliphatic carbocycles. The molecule has 3 aliphatic rings. The number of hydrogen-bond acceptors (Lipinski definition) is 3. The van der Waals surface area contributed by atoms with E-state index >= 15 is 0 Å². The monoisotopic (exact) mass is 221 g/mol. The molecule has 15 heavy (non-hydrogen) atoms. The Kier molecular flexibility index (Phi) is 2.77. The molecule has 1 aliphatic heterocycles. The van der Waals surface area contributed by atoms with E-state index in [1.165, 1.54) is 22.4 Å². The fourth-order valence-corrected chi connectivity index (χ4v) is 1.89. The molecule has 0 atom stereocenters. The Morgan fingerprint density at radius 1 is 1.27 bits per heavy atom. The standard InChI is InChI=1S/C6H4.C5H7NO2S/c1-2-6-4-3-5(1)6;1-4(7)9-6-3-2-5(6)8/h1-4H;2-3H2,1H3. The van der Waals surface area contributed by atoms with Crippen molar-refractivity contribution >= 4 is 23.0 Å². The molecule has 1 heterocycles.